The minimum atomic E-state index is -0.761. The van der Waals surface area contributed by atoms with Crippen LogP contribution in [0.4, 0.5) is 8.78 Å². The van der Waals surface area contributed by atoms with Crippen LogP contribution in [0.1, 0.15) is 38.2 Å². The summed E-state index contributed by atoms with van der Waals surface area (Å²) in [5.41, 5.74) is 0.459. The van der Waals surface area contributed by atoms with Crippen molar-refractivity contribution in [2.45, 2.75) is 44.7 Å². The van der Waals surface area contributed by atoms with Crippen LogP contribution in [0.25, 0.3) is 0 Å². The van der Waals surface area contributed by atoms with E-state index in [2.05, 4.69) is 5.32 Å². The highest BCUT2D eigenvalue weighted by Gasteiger charge is 2.26. The molecule has 1 fully saturated rings. The monoisotopic (exact) mass is 225 g/mol. The number of nitrogens with one attached hydrogen (secondary N) is 1. The Balaban J connectivity index is 2.12. The highest BCUT2D eigenvalue weighted by molar-refractivity contribution is 5.23. The SMILES string of the molecule is CC(NC1CC1)C(C)c1cccc(F)c1F. The molecule has 2 rings (SSSR count). The van der Waals surface area contributed by atoms with Gasteiger partial charge < -0.3 is 5.32 Å². The van der Waals surface area contributed by atoms with Crippen LogP contribution in [0.5, 0.6) is 0 Å². The van der Waals surface area contributed by atoms with E-state index >= 15 is 0 Å². The van der Waals surface area contributed by atoms with Gasteiger partial charge in [0.15, 0.2) is 11.6 Å². The Morgan fingerprint density at radius 2 is 1.94 bits per heavy atom. The first-order valence-corrected chi connectivity index (χ1v) is 5.79. The fourth-order valence-corrected chi connectivity index (χ4v) is 1.91. The summed E-state index contributed by atoms with van der Waals surface area (Å²) in [6, 6.07) is 5.13. The topological polar surface area (TPSA) is 12.0 Å². The maximum atomic E-state index is 13.6. The summed E-state index contributed by atoms with van der Waals surface area (Å²) in [5, 5.41) is 3.41. The van der Waals surface area contributed by atoms with Crippen LogP contribution in [0.15, 0.2) is 18.2 Å². The Kier molecular flexibility index (Phi) is 3.24. The molecular formula is C13H17F2N. The minimum absolute atomic E-state index is 0.0173. The van der Waals surface area contributed by atoms with Gasteiger partial charge in [0.25, 0.3) is 0 Å². The van der Waals surface area contributed by atoms with E-state index in [1.165, 1.54) is 12.8 Å². The van der Waals surface area contributed by atoms with E-state index in [1.54, 1.807) is 12.1 Å². The predicted octanol–water partition coefficient (Wildman–Crippen LogP) is 3.21. The first-order chi connectivity index (χ1) is 7.59. The van der Waals surface area contributed by atoms with E-state index in [9.17, 15) is 8.78 Å². The molecule has 0 amide bonds. The highest BCUT2D eigenvalue weighted by atomic mass is 19.2. The van der Waals surface area contributed by atoms with Crippen molar-refractivity contribution in [3.05, 3.63) is 35.4 Å². The molecular weight excluding hydrogens is 208 g/mol. The van der Waals surface area contributed by atoms with E-state index in [0.29, 0.717) is 11.6 Å². The van der Waals surface area contributed by atoms with Crippen molar-refractivity contribution in [3.63, 3.8) is 0 Å². The first-order valence-electron chi connectivity index (χ1n) is 5.79. The molecule has 0 aliphatic heterocycles. The minimum Gasteiger partial charge on any atom is -0.311 e. The summed E-state index contributed by atoms with van der Waals surface area (Å²) >= 11 is 0. The number of hydrogen-bond donors (Lipinski definition) is 1. The van der Waals surface area contributed by atoms with Gasteiger partial charge in [-0.3, -0.25) is 0 Å². The quantitative estimate of drug-likeness (QED) is 0.829. The van der Waals surface area contributed by atoms with E-state index in [-0.39, 0.29) is 12.0 Å². The van der Waals surface area contributed by atoms with Gasteiger partial charge in [-0.05, 0) is 37.3 Å². The summed E-state index contributed by atoms with van der Waals surface area (Å²) in [6.07, 6.45) is 2.39. The molecule has 1 nitrogen and oxygen atoms in total. The van der Waals surface area contributed by atoms with Gasteiger partial charge in [-0.1, -0.05) is 19.1 Å². The average molecular weight is 225 g/mol. The summed E-state index contributed by atoms with van der Waals surface area (Å²) in [6.45, 7) is 3.95. The smallest absolute Gasteiger partial charge is 0.162 e. The molecule has 2 atom stereocenters. The molecule has 0 heterocycles. The lowest BCUT2D eigenvalue weighted by molar-refractivity contribution is 0.443. The van der Waals surface area contributed by atoms with Gasteiger partial charge in [0.1, 0.15) is 0 Å². The Morgan fingerprint density at radius 1 is 1.25 bits per heavy atom. The van der Waals surface area contributed by atoms with Crippen LogP contribution in [-0.4, -0.2) is 12.1 Å². The number of halogens is 2. The third kappa shape index (κ3) is 2.40. The summed E-state index contributed by atoms with van der Waals surface area (Å²) in [4.78, 5) is 0. The van der Waals surface area contributed by atoms with Crippen LogP contribution >= 0.6 is 0 Å². The maximum Gasteiger partial charge on any atom is 0.162 e. The van der Waals surface area contributed by atoms with Crippen LogP contribution < -0.4 is 5.32 Å². The zero-order valence-electron chi connectivity index (χ0n) is 9.63. The van der Waals surface area contributed by atoms with Crippen molar-refractivity contribution in [1.29, 1.82) is 0 Å². The van der Waals surface area contributed by atoms with Crippen LogP contribution in [0.2, 0.25) is 0 Å². The molecule has 0 aromatic heterocycles. The van der Waals surface area contributed by atoms with Gasteiger partial charge in [-0.2, -0.15) is 0 Å². The molecule has 0 saturated heterocycles. The third-order valence-corrected chi connectivity index (χ3v) is 3.30. The summed E-state index contributed by atoms with van der Waals surface area (Å²) in [5.74, 6) is -1.49. The lowest BCUT2D eigenvalue weighted by Gasteiger charge is -2.22. The largest absolute Gasteiger partial charge is 0.311 e. The fraction of sp³-hybridized carbons (Fsp3) is 0.538. The van der Waals surface area contributed by atoms with Gasteiger partial charge in [0, 0.05) is 12.1 Å². The van der Waals surface area contributed by atoms with Crippen molar-refractivity contribution < 1.29 is 8.78 Å². The molecule has 1 aliphatic rings. The third-order valence-electron chi connectivity index (χ3n) is 3.30. The van der Waals surface area contributed by atoms with E-state index in [0.717, 1.165) is 6.07 Å². The van der Waals surface area contributed by atoms with Crippen molar-refractivity contribution in [3.8, 4) is 0 Å². The normalized spacial score (nSPS) is 19.5. The van der Waals surface area contributed by atoms with Crippen LogP contribution in [-0.2, 0) is 0 Å². The zero-order chi connectivity index (χ0) is 11.7. The molecule has 1 saturated carbocycles. The average Bonchev–Trinajstić information content (AvgIpc) is 3.05. The van der Waals surface area contributed by atoms with Crippen molar-refractivity contribution in [2.24, 2.45) is 0 Å². The predicted molar refractivity (Wildman–Crippen MR) is 60.4 cm³/mol. The lowest BCUT2D eigenvalue weighted by Crippen LogP contribution is -2.33. The van der Waals surface area contributed by atoms with E-state index in [4.69, 9.17) is 0 Å². The second-order valence-corrected chi connectivity index (χ2v) is 4.66. The summed E-state index contributed by atoms with van der Waals surface area (Å²) in [7, 11) is 0. The molecule has 3 heteroatoms. The molecule has 1 aromatic rings. The van der Waals surface area contributed by atoms with Gasteiger partial charge >= 0.3 is 0 Å². The standard InChI is InChI=1S/C13H17F2N/c1-8(9(2)16-10-6-7-10)11-4-3-5-12(14)13(11)15/h3-5,8-10,16H,6-7H2,1-2H3. The summed E-state index contributed by atoms with van der Waals surface area (Å²) < 4.78 is 26.6. The molecule has 1 N–H and O–H groups in total. The number of rotatable bonds is 4. The van der Waals surface area contributed by atoms with Crippen LogP contribution in [0, 0.1) is 11.6 Å². The molecule has 0 bridgehead atoms. The van der Waals surface area contributed by atoms with Gasteiger partial charge in [0.2, 0.25) is 0 Å². The van der Waals surface area contributed by atoms with Crippen molar-refractivity contribution in [2.75, 3.05) is 0 Å². The van der Waals surface area contributed by atoms with Crippen molar-refractivity contribution >= 4 is 0 Å². The van der Waals surface area contributed by atoms with E-state index < -0.39 is 11.6 Å². The van der Waals surface area contributed by atoms with E-state index in [1.807, 2.05) is 13.8 Å². The molecule has 88 valence electrons. The second kappa shape index (κ2) is 4.50. The zero-order valence-corrected chi connectivity index (χ0v) is 9.63. The Hall–Kier alpha value is -0.960. The van der Waals surface area contributed by atoms with Crippen molar-refractivity contribution in [1.82, 2.24) is 5.32 Å². The fourth-order valence-electron chi connectivity index (χ4n) is 1.91. The molecule has 1 aliphatic carbocycles. The number of hydrogen-bond acceptors (Lipinski definition) is 1. The highest BCUT2D eigenvalue weighted by Crippen LogP contribution is 2.27. The molecule has 0 spiro atoms. The molecule has 2 unspecified atom stereocenters. The number of benzene rings is 1. The van der Waals surface area contributed by atoms with Gasteiger partial charge in [-0.15, -0.1) is 0 Å². The first kappa shape index (κ1) is 11.5. The Bertz CT molecular complexity index is 374. The second-order valence-electron chi connectivity index (χ2n) is 4.66. The molecule has 0 radical (unpaired) electrons. The molecule has 1 aromatic carbocycles. The lowest BCUT2D eigenvalue weighted by atomic mass is 9.93. The Labute approximate surface area is 94.9 Å². The van der Waals surface area contributed by atoms with Crippen LogP contribution in [0.3, 0.4) is 0 Å². The maximum absolute atomic E-state index is 13.6. The van der Waals surface area contributed by atoms with Gasteiger partial charge in [-0.25, -0.2) is 8.78 Å². The van der Waals surface area contributed by atoms with Gasteiger partial charge in [0.05, 0.1) is 0 Å². The Morgan fingerprint density at radius 3 is 2.56 bits per heavy atom. The molecule has 16 heavy (non-hydrogen) atoms.